The van der Waals surface area contributed by atoms with Crippen LogP contribution in [0, 0.1) is 18.8 Å². The summed E-state index contributed by atoms with van der Waals surface area (Å²) in [5, 5.41) is 6.05. The van der Waals surface area contributed by atoms with Crippen LogP contribution in [0.4, 0.5) is 0 Å². The van der Waals surface area contributed by atoms with Gasteiger partial charge in [0.15, 0.2) is 5.60 Å². The Morgan fingerprint density at radius 3 is 2.00 bits per heavy atom. The summed E-state index contributed by atoms with van der Waals surface area (Å²) >= 11 is 0. The molecule has 0 aliphatic carbocycles. The van der Waals surface area contributed by atoms with E-state index in [2.05, 4.69) is 36.0 Å². The molecule has 0 spiro atoms. The number of carbonyl (C=O) groups is 3. The van der Waals surface area contributed by atoms with Crippen LogP contribution in [-0.4, -0.2) is 55.8 Å². The van der Waals surface area contributed by atoms with Crippen LogP contribution in [0.5, 0.6) is 0 Å². The van der Waals surface area contributed by atoms with E-state index in [1.807, 2.05) is 138 Å². The van der Waals surface area contributed by atoms with Gasteiger partial charge in [-0.05, 0) is 94.4 Å². The summed E-state index contributed by atoms with van der Waals surface area (Å²) in [4.78, 5) is 39.6. The molecule has 1 aliphatic heterocycles. The molecule has 1 amide bonds. The van der Waals surface area contributed by atoms with E-state index in [1.165, 1.54) is 18.4 Å². The van der Waals surface area contributed by atoms with Crippen molar-refractivity contribution in [3.8, 4) is 0 Å². The van der Waals surface area contributed by atoms with Crippen LogP contribution in [0.3, 0.4) is 0 Å². The molecule has 300 valence electrons. The predicted octanol–water partition coefficient (Wildman–Crippen LogP) is 9.48. The SMILES string of the molecule is C=C(C)C(OC(=O)c1cccc(CNC)c1)(c1ccccc1)c1ccccc1.CC.CCC[C@H](C)CN1CCC(C(=O)NC(C=O)Cc2ccc(C)cc2)CC1. The van der Waals surface area contributed by atoms with E-state index in [9.17, 15) is 14.4 Å². The van der Waals surface area contributed by atoms with Crippen molar-refractivity contribution in [2.24, 2.45) is 11.8 Å². The molecule has 0 aromatic heterocycles. The number of likely N-dealkylation sites (tertiary alicyclic amines) is 1. The summed E-state index contributed by atoms with van der Waals surface area (Å²) in [6.07, 6.45) is 5.69. The van der Waals surface area contributed by atoms with Gasteiger partial charge in [0, 0.05) is 30.1 Å². The first-order valence-corrected chi connectivity index (χ1v) is 20.4. The first kappa shape index (κ1) is 45.5. The maximum absolute atomic E-state index is 13.2. The van der Waals surface area contributed by atoms with Gasteiger partial charge in [0.05, 0.1) is 11.6 Å². The lowest BCUT2D eigenvalue weighted by atomic mass is 9.81. The van der Waals surface area contributed by atoms with Gasteiger partial charge in [-0.2, -0.15) is 0 Å². The van der Waals surface area contributed by atoms with Crippen molar-refractivity contribution in [2.75, 3.05) is 26.7 Å². The second-order valence-electron chi connectivity index (χ2n) is 14.7. The maximum atomic E-state index is 13.2. The third-order valence-corrected chi connectivity index (χ3v) is 10.1. The average molecular weight is 760 g/mol. The Morgan fingerprint density at radius 2 is 1.48 bits per heavy atom. The number of nitrogens with zero attached hydrogens (tertiary/aromatic N) is 1. The van der Waals surface area contributed by atoms with Crippen LogP contribution in [0.25, 0.3) is 0 Å². The number of piperidine rings is 1. The first-order valence-electron chi connectivity index (χ1n) is 20.4. The van der Waals surface area contributed by atoms with E-state index in [1.54, 1.807) is 6.07 Å². The molecule has 1 aliphatic rings. The molecule has 1 heterocycles. The van der Waals surface area contributed by atoms with Gasteiger partial charge < -0.3 is 25.1 Å². The van der Waals surface area contributed by atoms with Gasteiger partial charge >= 0.3 is 5.97 Å². The fourth-order valence-corrected chi connectivity index (χ4v) is 7.23. The highest BCUT2D eigenvalue weighted by molar-refractivity contribution is 5.90. The molecule has 4 aromatic carbocycles. The number of aryl methyl sites for hydroxylation is 1. The highest BCUT2D eigenvalue weighted by atomic mass is 16.6. The standard InChI is InChI=1S/C25H25NO2.C22H34N2O2.C2H6/c1-19(2)25(22-13-6-4-7-14-22,23-15-8-5-9-16-23)28-24(27)21-12-10-11-20(17-21)18-26-3;1-4-5-18(3)15-24-12-10-20(11-13-24)22(26)23-21(16-25)14-19-8-6-17(2)7-9-19;1-2/h4-17,26H,1,18H2,2-3H3;6-9,16,18,20-21H,4-5,10-15H2,1-3H3,(H,23,26);1-2H3/t;18-,21?;/m.0./s1. The Labute approximate surface area is 337 Å². The van der Waals surface area contributed by atoms with Gasteiger partial charge in [0.25, 0.3) is 0 Å². The van der Waals surface area contributed by atoms with E-state index in [4.69, 9.17) is 4.74 Å². The highest BCUT2D eigenvalue weighted by Gasteiger charge is 2.40. The molecule has 4 aromatic rings. The zero-order valence-electron chi connectivity index (χ0n) is 34.9. The number of ether oxygens (including phenoxy) is 1. The Bertz CT molecular complexity index is 1730. The Balaban J connectivity index is 0.000000289. The molecule has 2 N–H and O–H groups in total. The molecule has 1 fully saturated rings. The minimum absolute atomic E-state index is 0.0354. The molecule has 0 saturated carbocycles. The topological polar surface area (TPSA) is 87.7 Å². The highest BCUT2D eigenvalue weighted by Crippen LogP contribution is 2.40. The van der Waals surface area contributed by atoms with Crippen molar-refractivity contribution in [1.29, 1.82) is 0 Å². The van der Waals surface area contributed by atoms with Crippen molar-refractivity contribution in [3.05, 3.63) is 155 Å². The van der Waals surface area contributed by atoms with Crippen LogP contribution in [0.15, 0.2) is 121 Å². The van der Waals surface area contributed by atoms with Crippen molar-refractivity contribution in [3.63, 3.8) is 0 Å². The molecule has 7 nitrogen and oxygen atoms in total. The van der Waals surface area contributed by atoms with Gasteiger partial charge in [-0.25, -0.2) is 4.79 Å². The zero-order chi connectivity index (χ0) is 40.9. The Kier molecular flexibility index (Phi) is 19.5. The van der Waals surface area contributed by atoms with Crippen molar-refractivity contribution >= 4 is 18.2 Å². The van der Waals surface area contributed by atoms with Crippen molar-refractivity contribution in [2.45, 2.75) is 91.8 Å². The largest absolute Gasteiger partial charge is 0.441 e. The molecule has 2 atom stereocenters. The summed E-state index contributed by atoms with van der Waals surface area (Å²) in [6.45, 7) is 20.4. The second-order valence-corrected chi connectivity index (χ2v) is 14.7. The average Bonchev–Trinajstić information content (AvgIpc) is 3.22. The second kappa shape index (κ2) is 23.9. The number of hydrogen-bond donors (Lipinski definition) is 2. The lowest BCUT2D eigenvalue weighted by molar-refractivity contribution is -0.128. The van der Waals surface area contributed by atoms with Gasteiger partial charge in [-0.3, -0.25) is 4.79 Å². The third kappa shape index (κ3) is 13.4. The molecule has 7 heteroatoms. The van der Waals surface area contributed by atoms with Crippen LogP contribution < -0.4 is 10.6 Å². The molecular formula is C49H65N3O4. The van der Waals surface area contributed by atoms with E-state index in [-0.39, 0.29) is 17.8 Å². The number of hydrogen-bond acceptors (Lipinski definition) is 6. The number of rotatable bonds is 16. The number of aldehydes is 1. The lowest BCUT2D eigenvalue weighted by Gasteiger charge is -2.35. The molecule has 5 rings (SSSR count). The monoisotopic (exact) mass is 759 g/mol. The first-order chi connectivity index (χ1) is 27.1. The molecule has 1 saturated heterocycles. The zero-order valence-corrected chi connectivity index (χ0v) is 34.9. The minimum atomic E-state index is -1.06. The number of carbonyl (C=O) groups excluding carboxylic acids is 3. The fraction of sp³-hybridized carbons (Fsp3) is 0.408. The van der Waals surface area contributed by atoms with Crippen LogP contribution in [-0.2, 0) is 32.9 Å². The fourth-order valence-electron chi connectivity index (χ4n) is 7.23. The molecule has 0 radical (unpaired) electrons. The van der Waals surface area contributed by atoms with Gasteiger partial charge in [-0.15, -0.1) is 0 Å². The molecule has 1 unspecified atom stereocenters. The normalized spacial score (nSPS) is 14.1. The summed E-state index contributed by atoms with van der Waals surface area (Å²) in [6, 6.07) is 34.7. The Hall–Kier alpha value is -4.85. The number of nitrogens with one attached hydrogen (secondary N) is 2. The van der Waals surface area contributed by atoms with Crippen LogP contribution in [0.1, 0.15) is 98.5 Å². The van der Waals surface area contributed by atoms with Gasteiger partial charge in [0.2, 0.25) is 5.91 Å². The molecule has 56 heavy (non-hydrogen) atoms. The number of amides is 1. The Morgan fingerprint density at radius 1 is 0.893 bits per heavy atom. The predicted molar refractivity (Wildman–Crippen MR) is 231 cm³/mol. The molecule has 0 bridgehead atoms. The lowest BCUT2D eigenvalue weighted by Crippen LogP contribution is -2.45. The number of benzene rings is 4. The summed E-state index contributed by atoms with van der Waals surface area (Å²) in [5.74, 6) is 0.414. The van der Waals surface area contributed by atoms with E-state index >= 15 is 0 Å². The summed E-state index contributed by atoms with van der Waals surface area (Å²) in [7, 11) is 1.88. The minimum Gasteiger partial charge on any atom is -0.441 e. The van der Waals surface area contributed by atoms with E-state index in [0.717, 1.165) is 72.5 Å². The van der Waals surface area contributed by atoms with Crippen molar-refractivity contribution < 1.29 is 19.1 Å². The molecular weight excluding hydrogens is 695 g/mol. The third-order valence-electron chi connectivity index (χ3n) is 10.1. The van der Waals surface area contributed by atoms with Crippen molar-refractivity contribution in [1.82, 2.24) is 15.5 Å². The quantitative estimate of drug-likeness (QED) is 0.0673. The van der Waals surface area contributed by atoms with E-state index in [0.29, 0.717) is 18.5 Å². The number of esters is 1. The van der Waals surface area contributed by atoms with Crippen LogP contribution >= 0.6 is 0 Å². The van der Waals surface area contributed by atoms with E-state index < -0.39 is 11.6 Å². The summed E-state index contributed by atoms with van der Waals surface area (Å²) in [5.41, 5.74) is 5.24. The van der Waals surface area contributed by atoms with Gasteiger partial charge in [-0.1, -0.05) is 143 Å². The van der Waals surface area contributed by atoms with Crippen LogP contribution in [0.2, 0.25) is 0 Å². The smallest absolute Gasteiger partial charge is 0.339 e. The maximum Gasteiger partial charge on any atom is 0.339 e. The van der Waals surface area contributed by atoms with Gasteiger partial charge in [0.1, 0.15) is 6.29 Å². The summed E-state index contributed by atoms with van der Waals surface area (Å²) < 4.78 is 6.23.